The minimum atomic E-state index is -3.74. The Morgan fingerprint density at radius 3 is 2.65 bits per heavy atom. The van der Waals surface area contributed by atoms with E-state index in [1.54, 1.807) is 0 Å². The topological polar surface area (TPSA) is 102 Å². The summed E-state index contributed by atoms with van der Waals surface area (Å²) >= 11 is 0. The monoisotopic (exact) mass is 339 g/mol. The van der Waals surface area contributed by atoms with Crippen LogP contribution in [-0.4, -0.2) is 57.1 Å². The van der Waals surface area contributed by atoms with Gasteiger partial charge in [0.05, 0.1) is 17.6 Å². The number of carbonyl (C=O) groups excluding carboxylic acids is 1. The number of rotatable bonds is 3. The lowest BCUT2D eigenvalue weighted by Gasteiger charge is -2.33. The van der Waals surface area contributed by atoms with Gasteiger partial charge in [0, 0.05) is 30.7 Å². The van der Waals surface area contributed by atoms with E-state index in [0.29, 0.717) is 18.2 Å². The van der Waals surface area contributed by atoms with Crippen LogP contribution in [0, 0.1) is 0 Å². The summed E-state index contributed by atoms with van der Waals surface area (Å²) in [7, 11) is -3.74. The van der Waals surface area contributed by atoms with Crippen molar-refractivity contribution in [1.29, 1.82) is 0 Å². The molecule has 2 heterocycles. The Bertz CT molecular complexity index is 689. The van der Waals surface area contributed by atoms with E-state index >= 15 is 0 Å². The van der Waals surface area contributed by atoms with Crippen molar-refractivity contribution in [3.63, 3.8) is 0 Å². The van der Waals surface area contributed by atoms with E-state index < -0.39 is 10.0 Å². The Morgan fingerprint density at radius 2 is 2.00 bits per heavy atom. The van der Waals surface area contributed by atoms with E-state index in [2.05, 4.69) is 17.1 Å². The van der Waals surface area contributed by atoms with Crippen molar-refractivity contribution in [2.75, 3.05) is 19.7 Å². The van der Waals surface area contributed by atoms with Gasteiger partial charge in [-0.3, -0.25) is 9.69 Å². The van der Waals surface area contributed by atoms with Crippen molar-refractivity contribution >= 4 is 15.9 Å². The van der Waals surface area contributed by atoms with E-state index in [0.717, 1.165) is 19.5 Å². The number of nitrogens with one attached hydrogen (secondary N) is 1. The number of benzene rings is 1. The van der Waals surface area contributed by atoms with Crippen molar-refractivity contribution in [2.45, 2.75) is 36.4 Å². The summed E-state index contributed by atoms with van der Waals surface area (Å²) in [4.78, 5) is 14.6. The normalized spacial score (nSPS) is 28.3. The Labute approximate surface area is 135 Å². The van der Waals surface area contributed by atoms with Gasteiger partial charge in [0.25, 0.3) is 5.91 Å². The van der Waals surface area contributed by atoms with Crippen LogP contribution in [0.2, 0.25) is 0 Å². The van der Waals surface area contributed by atoms with Crippen molar-refractivity contribution in [3.05, 3.63) is 29.8 Å². The average molecular weight is 339 g/mol. The van der Waals surface area contributed by atoms with Crippen LogP contribution in [-0.2, 0) is 14.8 Å². The number of fused-ring (bicyclic) bond motifs is 1. The zero-order valence-corrected chi connectivity index (χ0v) is 13.8. The molecule has 7 nitrogen and oxygen atoms in total. The van der Waals surface area contributed by atoms with Crippen LogP contribution in [0.15, 0.2) is 29.2 Å². The van der Waals surface area contributed by atoms with Gasteiger partial charge in [-0.2, -0.15) is 0 Å². The first-order valence-corrected chi connectivity index (χ1v) is 9.17. The van der Waals surface area contributed by atoms with Gasteiger partial charge < -0.3 is 10.1 Å². The molecule has 0 bridgehead atoms. The number of nitrogens with two attached hydrogens (primary N) is 1. The molecule has 1 aromatic rings. The number of ether oxygens (including phenoxy) is 1. The highest BCUT2D eigenvalue weighted by molar-refractivity contribution is 7.89. The molecule has 3 atom stereocenters. The van der Waals surface area contributed by atoms with Crippen LogP contribution in [0.4, 0.5) is 0 Å². The Morgan fingerprint density at radius 1 is 1.30 bits per heavy atom. The molecule has 1 amide bonds. The molecule has 3 rings (SSSR count). The highest BCUT2D eigenvalue weighted by atomic mass is 32.2. The molecule has 8 heteroatoms. The average Bonchev–Trinajstić information content (AvgIpc) is 2.87. The summed E-state index contributed by atoms with van der Waals surface area (Å²) in [5.41, 5.74) is 0.423. The summed E-state index contributed by atoms with van der Waals surface area (Å²) in [5, 5.41) is 8.06. The fraction of sp³-hybridized carbons (Fsp3) is 0.533. The maximum Gasteiger partial charge on any atom is 0.251 e. The van der Waals surface area contributed by atoms with E-state index in [4.69, 9.17) is 9.88 Å². The van der Waals surface area contributed by atoms with Gasteiger partial charge in [-0.25, -0.2) is 13.6 Å². The number of hydrogen-bond acceptors (Lipinski definition) is 5. The first-order chi connectivity index (χ1) is 10.8. The fourth-order valence-electron chi connectivity index (χ4n) is 3.21. The van der Waals surface area contributed by atoms with Crippen LogP contribution in [0.5, 0.6) is 0 Å². The molecule has 2 fully saturated rings. The molecule has 0 unspecified atom stereocenters. The Balaban J connectivity index is 1.61. The zero-order valence-electron chi connectivity index (χ0n) is 12.9. The minimum Gasteiger partial charge on any atom is -0.376 e. The molecule has 23 heavy (non-hydrogen) atoms. The number of hydrogen-bond donors (Lipinski definition) is 2. The van der Waals surface area contributed by atoms with Crippen molar-refractivity contribution in [1.82, 2.24) is 10.2 Å². The summed E-state index contributed by atoms with van der Waals surface area (Å²) < 4.78 is 28.1. The second-order valence-corrected chi connectivity index (χ2v) is 7.79. The van der Waals surface area contributed by atoms with Gasteiger partial charge in [0.1, 0.15) is 0 Å². The quantitative estimate of drug-likeness (QED) is 0.802. The highest BCUT2D eigenvalue weighted by Crippen LogP contribution is 2.23. The second kappa shape index (κ2) is 6.20. The van der Waals surface area contributed by atoms with Crippen LogP contribution < -0.4 is 10.5 Å². The van der Waals surface area contributed by atoms with E-state index in [1.807, 2.05) is 0 Å². The Kier molecular flexibility index (Phi) is 4.41. The van der Waals surface area contributed by atoms with E-state index in [1.165, 1.54) is 24.3 Å². The molecule has 0 spiro atoms. The lowest BCUT2D eigenvalue weighted by atomic mass is 10.1. The largest absolute Gasteiger partial charge is 0.376 e. The Hall–Kier alpha value is -1.48. The molecule has 0 aromatic heterocycles. The van der Waals surface area contributed by atoms with Crippen LogP contribution >= 0.6 is 0 Å². The first kappa shape index (κ1) is 16.4. The molecule has 2 saturated heterocycles. The van der Waals surface area contributed by atoms with Crippen molar-refractivity contribution < 1.29 is 17.9 Å². The third-order valence-electron chi connectivity index (χ3n) is 4.37. The molecule has 0 aliphatic carbocycles. The summed E-state index contributed by atoms with van der Waals surface area (Å²) in [6, 6.07) is 6.08. The van der Waals surface area contributed by atoms with Crippen molar-refractivity contribution in [2.24, 2.45) is 5.14 Å². The number of nitrogens with zero attached hydrogens (tertiary/aromatic N) is 1. The first-order valence-electron chi connectivity index (χ1n) is 7.62. The molecule has 2 aliphatic heterocycles. The molecule has 1 aromatic carbocycles. The van der Waals surface area contributed by atoms with Gasteiger partial charge in [-0.15, -0.1) is 0 Å². The van der Waals surface area contributed by atoms with Crippen LogP contribution in [0.1, 0.15) is 23.7 Å². The minimum absolute atomic E-state index is 0.00168. The molecule has 0 saturated carbocycles. The molecule has 126 valence electrons. The smallest absolute Gasteiger partial charge is 0.251 e. The predicted octanol–water partition coefficient (Wildman–Crippen LogP) is -0.0746. The van der Waals surface area contributed by atoms with Gasteiger partial charge in [-0.1, -0.05) is 0 Å². The lowest BCUT2D eigenvalue weighted by molar-refractivity contribution is -0.0390. The van der Waals surface area contributed by atoms with Gasteiger partial charge in [0.2, 0.25) is 10.0 Å². The summed E-state index contributed by atoms with van der Waals surface area (Å²) in [6.07, 6.45) is 1.10. The second-order valence-electron chi connectivity index (χ2n) is 6.23. The number of amides is 1. The highest BCUT2D eigenvalue weighted by Gasteiger charge is 2.36. The third kappa shape index (κ3) is 3.72. The molecular formula is C15H21N3O4S. The number of carbonyl (C=O) groups is 1. The van der Waals surface area contributed by atoms with Crippen LogP contribution in [0.25, 0.3) is 0 Å². The lowest BCUT2D eigenvalue weighted by Crippen LogP contribution is -2.45. The van der Waals surface area contributed by atoms with Crippen LogP contribution in [0.3, 0.4) is 0 Å². The molecule has 0 radical (unpaired) electrons. The molecule has 3 N–H and O–H groups in total. The van der Waals surface area contributed by atoms with Gasteiger partial charge in [0.15, 0.2) is 0 Å². The van der Waals surface area contributed by atoms with E-state index in [9.17, 15) is 13.2 Å². The standard InChI is InChI=1S/C15H21N3O4S/c1-10-7-18-8-12(6-13(18)9-22-10)17-15(19)11-2-4-14(5-3-11)23(16,20)21/h2-5,10,12-13H,6-9H2,1H3,(H,17,19)(H2,16,20,21)/t10-,12-,13-/m0/s1. The summed E-state index contributed by atoms with van der Waals surface area (Å²) in [6.45, 7) is 4.46. The summed E-state index contributed by atoms with van der Waals surface area (Å²) in [5.74, 6) is -0.204. The number of primary sulfonamides is 1. The predicted molar refractivity (Wildman–Crippen MR) is 84.5 cm³/mol. The number of sulfonamides is 1. The number of morpholine rings is 1. The maximum absolute atomic E-state index is 12.3. The van der Waals surface area contributed by atoms with Gasteiger partial charge in [-0.05, 0) is 37.6 Å². The molecule has 2 aliphatic rings. The van der Waals surface area contributed by atoms with Gasteiger partial charge >= 0.3 is 0 Å². The molecular weight excluding hydrogens is 318 g/mol. The fourth-order valence-corrected chi connectivity index (χ4v) is 3.72. The SMILES string of the molecule is C[C@H]1CN2C[C@@H](NC(=O)c3ccc(S(N)(=O)=O)cc3)C[C@H]2CO1. The third-order valence-corrected chi connectivity index (χ3v) is 5.30. The zero-order chi connectivity index (χ0) is 16.6. The van der Waals surface area contributed by atoms with E-state index in [-0.39, 0.29) is 22.9 Å². The van der Waals surface area contributed by atoms with Crippen molar-refractivity contribution in [3.8, 4) is 0 Å². The maximum atomic E-state index is 12.3.